The van der Waals surface area contributed by atoms with Gasteiger partial charge in [-0.3, -0.25) is 19.8 Å². The second kappa shape index (κ2) is 7.35. The van der Waals surface area contributed by atoms with E-state index in [0.29, 0.717) is 36.2 Å². The summed E-state index contributed by atoms with van der Waals surface area (Å²) in [6, 6.07) is 8.13. The fourth-order valence-corrected chi connectivity index (χ4v) is 4.87. The van der Waals surface area contributed by atoms with E-state index in [1.165, 1.54) is 29.5 Å². The molecule has 1 aromatic heterocycles. The first-order valence-corrected chi connectivity index (χ1v) is 10.2. The van der Waals surface area contributed by atoms with Crippen LogP contribution in [0.2, 0.25) is 5.02 Å². The molecule has 2 N–H and O–H groups in total. The van der Waals surface area contributed by atoms with Gasteiger partial charge in [0.1, 0.15) is 5.82 Å². The number of halogens is 1. The highest BCUT2D eigenvalue weighted by Crippen LogP contribution is 2.47. The lowest BCUT2D eigenvalue weighted by Crippen LogP contribution is -2.38. The second-order valence-electron chi connectivity index (χ2n) is 6.77. The van der Waals surface area contributed by atoms with Crippen molar-refractivity contribution >= 4 is 40.1 Å². The van der Waals surface area contributed by atoms with Crippen LogP contribution >= 0.6 is 22.9 Å². The molecule has 0 radical (unpaired) electrons. The van der Waals surface area contributed by atoms with Gasteiger partial charge in [0, 0.05) is 29.8 Å². The third-order valence-electron chi connectivity index (χ3n) is 5.17. The predicted molar refractivity (Wildman–Crippen MR) is 110 cm³/mol. The van der Waals surface area contributed by atoms with Crippen molar-refractivity contribution in [1.82, 2.24) is 0 Å². The van der Waals surface area contributed by atoms with Gasteiger partial charge in [-0.2, -0.15) is 16.6 Å². The van der Waals surface area contributed by atoms with Gasteiger partial charge in [-0.15, -0.1) is 0 Å². The van der Waals surface area contributed by atoms with Crippen LogP contribution in [-0.2, 0) is 4.79 Å². The first-order chi connectivity index (χ1) is 13.9. The minimum Gasteiger partial charge on any atom is -0.384 e. The van der Waals surface area contributed by atoms with E-state index in [9.17, 15) is 20.2 Å². The number of nitro groups is 1. The summed E-state index contributed by atoms with van der Waals surface area (Å²) in [4.78, 5) is 25.1. The lowest BCUT2D eigenvalue weighted by Gasteiger charge is -2.39. The zero-order valence-corrected chi connectivity index (χ0v) is 16.7. The molecule has 1 aliphatic carbocycles. The maximum absolute atomic E-state index is 12.9. The fourth-order valence-electron chi connectivity index (χ4n) is 3.92. The average molecular weight is 427 g/mol. The fraction of sp³-hybridized carbons (Fsp3) is 0.200. The number of carbonyl (C=O) groups is 1. The molecule has 2 aliphatic rings. The van der Waals surface area contributed by atoms with Crippen molar-refractivity contribution < 1.29 is 9.72 Å². The highest BCUT2D eigenvalue weighted by molar-refractivity contribution is 7.08. The van der Waals surface area contributed by atoms with Crippen molar-refractivity contribution in [2.45, 2.75) is 25.2 Å². The van der Waals surface area contributed by atoms with E-state index in [2.05, 4.69) is 6.07 Å². The number of carbonyl (C=O) groups excluding carboxylic acids is 1. The second-order valence-corrected chi connectivity index (χ2v) is 7.95. The quantitative estimate of drug-likeness (QED) is 0.566. The van der Waals surface area contributed by atoms with Crippen molar-refractivity contribution in [3.8, 4) is 6.07 Å². The molecule has 0 saturated carbocycles. The van der Waals surface area contributed by atoms with Crippen molar-refractivity contribution in [2.24, 2.45) is 5.73 Å². The molecule has 4 rings (SSSR count). The van der Waals surface area contributed by atoms with Crippen molar-refractivity contribution in [2.75, 3.05) is 4.90 Å². The summed E-state index contributed by atoms with van der Waals surface area (Å²) >= 11 is 7.84. The Morgan fingerprint density at radius 3 is 2.76 bits per heavy atom. The van der Waals surface area contributed by atoms with Gasteiger partial charge in [0.25, 0.3) is 5.69 Å². The molecule has 2 aromatic rings. The molecule has 7 nitrogen and oxygen atoms in total. The number of rotatable bonds is 3. The molecule has 0 amide bonds. The lowest BCUT2D eigenvalue weighted by atomic mass is 9.76. The molecule has 1 atom stereocenters. The Kier molecular flexibility index (Phi) is 4.86. The molecule has 146 valence electrons. The number of anilines is 1. The number of nitriles is 1. The lowest BCUT2D eigenvalue weighted by molar-refractivity contribution is -0.384. The Bertz CT molecular complexity index is 1130. The Hall–Kier alpha value is -3.15. The minimum atomic E-state index is -0.535. The maximum atomic E-state index is 12.9. The smallest absolute Gasteiger partial charge is 0.271 e. The zero-order valence-electron chi connectivity index (χ0n) is 15.1. The monoisotopic (exact) mass is 426 g/mol. The van der Waals surface area contributed by atoms with Gasteiger partial charge in [0.15, 0.2) is 5.78 Å². The van der Waals surface area contributed by atoms with E-state index in [-0.39, 0.29) is 27.9 Å². The summed E-state index contributed by atoms with van der Waals surface area (Å²) in [7, 11) is 0. The Morgan fingerprint density at radius 1 is 1.34 bits per heavy atom. The number of hydrogen-bond donors (Lipinski definition) is 1. The molecule has 0 unspecified atom stereocenters. The number of Topliss-reactive ketones (excluding diaryl/α,β-unsaturated/α-hetero) is 1. The zero-order chi connectivity index (χ0) is 20.7. The molecule has 0 spiro atoms. The van der Waals surface area contributed by atoms with E-state index < -0.39 is 10.8 Å². The number of thiophene rings is 1. The summed E-state index contributed by atoms with van der Waals surface area (Å²) in [6.45, 7) is 0. The van der Waals surface area contributed by atoms with E-state index in [4.69, 9.17) is 17.3 Å². The van der Waals surface area contributed by atoms with E-state index in [0.717, 1.165) is 5.56 Å². The molecule has 0 bridgehead atoms. The van der Waals surface area contributed by atoms with Gasteiger partial charge in [-0.05, 0) is 41.3 Å². The number of nitro benzene ring substituents is 1. The number of benzene rings is 1. The van der Waals surface area contributed by atoms with Gasteiger partial charge < -0.3 is 5.73 Å². The van der Waals surface area contributed by atoms with E-state index in [1.54, 1.807) is 4.90 Å². The van der Waals surface area contributed by atoms with Gasteiger partial charge >= 0.3 is 0 Å². The predicted octanol–water partition coefficient (Wildman–Crippen LogP) is 4.61. The van der Waals surface area contributed by atoms with E-state index in [1.807, 2.05) is 16.8 Å². The summed E-state index contributed by atoms with van der Waals surface area (Å²) < 4.78 is 0. The molecule has 29 heavy (non-hydrogen) atoms. The molecular formula is C20H15ClN4O3S. The molecular weight excluding hydrogens is 412 g/mol. The molecule has 1 aliphatic heterocycles. The van der Waals surface area contributed by atoms with Crippen LogP contribution in [0.4, 0.5) is 11.4 Å². The maximum Gasteiger partial charge on any atom is 0.271 e. The highest BCUT2D eigenvalue weighted by atomic mass is 35.5. The van der Waals surface area contributed by atoms with Crippen LogP contribution in [0, 0.1) is 21.4 Å². The normalized spacial score (nSPS) is 19.2. The van der Waals surface area contributed by atoms with Crippen molar-refractivity contribution in [3.63, 3.8) is 0 Å². The van der Waals surface area contributed by atoms with Gasteiger partial charge in [-0.1, -0.05) is 11.6 Å². The summed E-state index contributed by atoms with van der Waals surface area (Å²) in [5.74, 6) is -0.347. The summed E-state index contributed by atoms with van der Waals surface area (Å²) in [5, 5.41) is 24.9. The molecule has 1 aromatic carbocycles. The van der Waals surface area contributed by atoms with Crippen LogP contribution in [0.1, 0.15) is 30.7 Å². The number of ketones is 1. The third-order valence-corrected chi connectivity index (χ3v) is 6.18. The van der Waals surface area contributed by atoms with Crippen molar-refractivity contribution in [3.05, 3.63) is 78.4 Å². The summed E-state index contributed by atoms with van der Waals surface area (Å²) in [6.07, 6.45) is 1.65. The minimum absolute atomic E-state index is 0.0225. The van der Waals surface area contributed by atoms with Crippen LogP contribution in [0.3, 0.4) is 0 Å². The van der Waals surface area contributed by atoms with Gasteiger partial charge in [0.05, 0.1) is 33.2 Å². The number of nitrogens with zero attached hydrogens (tertiary/aromatic N) is 3. The number of non-ortho nitro benzene ring substituents is 1. The van der Waals surface area contributed by atoms with Crippen LogP contribution in [-0.4, -0.2) is 10.7 Å². The highest BCUT2D eigenvalue weighted by Gasteiger charge is 2.40. The van der Waals surface area contributed by atoms with Gasteiger partial charge in [-0.25, -0.2) is 0 Å². The van der Waals surface area contributed by atoms with Crippen LogP contribution in [0.5, 0.6) is 0 Å². The Balaban J connectivity index is 1.96. The molecule has 0 fully saturated rings. The average Bonchev–Trinajstić information content (AvgIpc) is 3.22. The first kappa shape index (κ1) is 19.2. The Labute approximate surface area is 175 Å². The van der Waals surface area contributed by atoms with E-state index >= 15 is 0 Å². The topological polar surface area (TPSA) is 113 Å². The summed E-state index contributed by atoms with van der Waals surface area (Å²) in [5.41, 5.74) is 9.06. The number of nitrogens with two attached hydrogens (primary N) is 1. The van der Waals surface area contributed by atoms with Gasteiger partial charge in [0.2, 0.25) is 0 Å². The Morgan fingerprint density at radius 2 is 2.14 bits per heavy atom. The van der Waals surface area contributed by atoms with Crippen LogP contribution in [0.25, 0.3) is 0 Å². The van der Waals surface area contributed by atoms with Crippen LogP contribution < -0.4 is 10.6 Å². The number of hydrogen-bond acceptors (Lipinski definition) is 7. The third kappa shape index (κ3) is 3.09. The largest absolute Gasteiger partial charge is 0.384 e. The molecule has 2 heterocycles. The first-order valence-electron chi connectivity index (χ1n) is 8.86. The number of allylic oxidation sites excluding steroid dienone is 3. The van der Waals surface area contributed by atoms with Crippen molar-refractivity contribution in [1.29, 1.82) is 5.26 Å². The molecule has 0 saturated heterocycles. The molecule has 9 heteroatoms. The SMILES string of the molecule is N#CC1=C(N)N(c2ccc([N+](=O)[O-])cc2Cl)C2=C(C(=O)CCC2)[C@@H]1c1ccsc1. The standard InChI is InChI=1S/C20H15ClN4O3S/c21-14-8-12(25(27)28)4-5-15(14)24-16-2-1-3-17(26)19(16)18(11-6-7-29-10-11)13(9-22)20(24)23/h4-8,10,18H,1-3,23H2/t18-/m1/s1. The van der Waals surface area contributed by atoms with Crippen LogP contribution in [0.15, 0.2) is 57.7 Å².